The maximum Gasteiger partial charge on any atom is 0.329 e. The van der Waals surface area contributed by atoms with Crippen LogP contribution in [0.2, 0.25) is 0 Å². The lowest BCUT2D eigenvalue weighted by molar-refractivity contribution is -0.384. The normalized spacial score (nSPS) is 17.7. The fourth-order valence-electron chi connectivity index (χ4n) is 4.59. The Kier molecular flexibility index (Phi) is 7.89. The molecule has 0 bridgehead atoms. The molecule has 1 saturated carbocycles. The fourth-order valence-corrected chi connectivity index (χ4v) is 4.59. The van der Waals surface area contributed by atoms with Gasteiger partial charge in [0.2, 0.25) is 11.8 Å². The van der Waals surface area contributed by atoms with Crippen molar-refractivity contribution in [3.05, 3.63) is 75.5 Å². The summed E-state index contributed by atoms with van der Waals surface area (Å²) >= 11 is 0. The molecule has 0 unspecified atom stereocenters. The number of nitrogens with zero attached hydrogens (tertiary/aromatic N) is 3. The van der Waals surface area contributed by atoms with Gasteiger partial charge in [0.15, 0.2) is 0 Å². The van der Waals surface area contributed by atoms with E-state index in [-0.39, 0.29) is 17.5 Å². The van der Waals surface area contributed by atoms with Crippen molar-refractivity contribution < 1.29 is 4.92 Å². The molecule has 0 atom stereocenters. The third-order valence-electron chi connectivity index (χ3n) is 6.77. The number of nitro groups is 1. The highest BCUT2D eigenvalue weighted by Gasteiger charge is 2.22. The first-order chi connectivity index (χ1) is 16.9. The minimum Gasteiger partial charge on any atom is -0.364 e. The van der Waals surface area contributed by atoms with Gasteiger partial charge in [-0.05, 0) is 72.4 Å². The highest BCUT2D eigenvalue weighted by Crippen LogP contribution is 2.28. The van der Waals surface area contributed by atoms with Gasteiger partial charge in [0.05, 0.1) is 4.92 Å². The molecule has 3 aromatic rings. The number of benzene rings is 2. The maximum atomic E-state index is 11.5. The van der Waals surface area contributed by atoms with Gasteiger partial charge < -0.3 is 22.1 Å². The quantitative estimate of drug-likeness (QED) is 0.264. The number of anilines is 2. The summed E-state index contributed by atoms with van der Waals surface area (Å²) in [6.07, 6.45) is 5.26. The van der Waals surface area contributed by atoms with E-state index in [2.05, 4.69) is 51.8 Å². The van der Waals surface area contributed by atoms with E-state index in [4.69, 9.17) is 11.5 Å². The van der Waals surface area contributed by atoms with Gasteiger partial charge in [-0.1, -0.05) is 36.4 Å². The molecular formula is C26H33N7O2. The zero-order chi connectivity index (χ0) is 24.8. The Hall–Kier alpha value is -3.56. The fraction of sp³-hybridized carbons (Fsp3) is 0.385. The summed E-state index contributed by atoms with van der Waals surface area (Å²) in [5, 5.41) is 17.9. The predicted molar refractivity (Wildman–Crippen MR) is 139 cm³/mol. The van der Waals surface area contributed by atoms with Crippen LogP contribution in [0.4, 0.5) is 17.5 Å². The second kappa shape index (κ2) is 11.2. The van der Waals surface area contributed by atoms with Crippen LogP contribution in [-0.4, -0.2) is 27.5 Å². The van der Waals surface area contributed by atoms with Gasteiger partial charge in [0.25, 0.3) is 0 Å². The number of nitrogens with two attached hydrogens (primary N) is 2. The van der Waals surface area contributed by atoms with Crippen molar-refractivity contribution in [3.8, 4) is 11.1 Å². The number of hydrogen-bond acceptors (Lipinski definition) is 8. The van der Waals surface area contributed by atoms with Gasteiger partial charge in [-0.3, -0.25) is 10.1 Å². The van der Waals surface area contributed by atoms with Gasteiger partial charge in [0.1, 0.15) is 6.20 Å². The van der Waals surface area contributed by atoms with Crippen molar-refractivity contribution in [2.75, 3.05) is 17.2 Å². The second-order valence-electron chi connectivity index (χ2n) is 9.19. The lowest BCUT2D eigenvalue weighted by Gasteiger charge is -2.26. The number of aromatic nitrogens is 2. The topological polar surface area (TPSA) is 145 Å². The van der Waals surface area contributed by atoms with Crippen molar-refractivity contribution in [1.29, 1.82) is 0 Å². The van der Waals surface area contributed by atoms with Crippen molar-refractivity contribution in [3.63, 3.8) is 0 Å². The molecule has 2 aromatic carbocycles. The van der Waals surface area contributed by atoms with Crippen molar-refractivity contribution in [2.24, 2.45) is 17.4 Å². The molecule has 184 valence electrons. The van der Waals surface area contributed by atoms with Crippen LogP contribution in [0.25, 0.3) is 11.1 Å². The Morgan fingerprint density at radius 1 is 1.11 bits per heavy atom. The average molecular weight is 476 g/mol. The number of rotatable bonds is 9. The molecular weight excluding hydrogens is 442 g/mol. The third kappa shape index (κ3) is 6.12. The Labute approximate surface area is 205 Å². The molecule has 1 fully saturated rings. The third-order valence-corrected chi connectivity index (χ3v) is 6.77. The Morgan fingerprint density at radius 3 is 2.63 bits per heavy atom. The van der Waals surface area contributed by atoms with Crippen LogP contribution in [0.1, 0.15) is 42.4 Å². The molecule has 0 saturated heterocycles. The van der Waals surface area contributed by atoms with Gasteiger partial charge >= 0.3 is 5.69 Å². The van der Waals surface area contributed by atoms with Crippen LogP contribution in [0.3, 0.4) is 0 Å². The largest absolute Gasteiger partial charge is 0.364 e. The first-order valence-electron chi connectivity index (χ1n) is 12.1. The van der Waals surface area contributed by atoms with E-state index in [9.17, 15) is 10.1 Å². The Balaban J connectivity index is 1.47. The van der Waals surface area contributed by atoms with Crippen LogP contribution in [0.5, 0.6) is 0 Å². The highest BCUT2D eigenvalue weighted by molar-refractivity contribution is 5.69. The van der Waals surface area contributed by atoms with Gasteiger partial charge in [0, 0.05) is 25.7 Å². The van der Waals surface area contributed by atoms with Crippen LogP contribution in [-0.2, 0) is 13.1 Å². The molecule has 1 aliphatic rings. The summed E-state index contributed by atoms with van der Waals surface area (Å²) in [5.41, 5.74) is 17.3. The molecule has 0 spiro atoms. The van der Waals surface area contributed by atoms with Gasteiger partial charge in [-0.15, -0.1) is 0 Å². The lowest BCUT2D eigenvalue weighted by atomic mass is 9.86. The van der Waals surface area contributed by atoms with Gasteiger partial charge in [-0.2, -0.15) is 4.98 Å². The molecule has 1 aromatic heterocycles. The Morgan fingerprint density at radius 2 is 1.89 bits per heavy atom. The number of hydrogen-bond donors (Lipinski definition) is 4. The van der Waals surface area contributed by atoms with Crippen molar-refractivity contribution in [2.45, 2.75) is 51.7 Å². The molecule has 0 amide bonds. The molecule has 0 radical (unpaired) electrons. The van der Waals surface area contributed by atoms with E-state index in [0.29, 0.717) is 31.5 Å². The summed E-state index contributed by atoms with van der Waals surface area (Å²) in [5.74, 6) is 1.02. The Bertz CT molecular complexity index is 1180. The predicted octanol–water partition coefficient (Wildman–Crippen LogP) is 4.36. The summed E-state index contributed by atoms with van der Waals surface area (Å²) in [4.78, 5) is 19.7. The standard InChI is InChI=1S/C26H33N7O2/c1-17-21(6-3-7-23(17)20-5-2-4-19(12-20)13-27)15-30-26-31-16-24(33(34)35)25(32-26)29-14-18-8-10-22(28)11-9-18/h2-7,12,16,18,22H,8-11,13-15,27-28H2,1H3,(H2,29,30,31,32). The molecule has 6 N–H and O–H groups in total. The van der Waals surface area contributed by atoms with Gasteiger partial charge in [-0.25, -0.2) is 4.98 Å². The summed E-state index contributed by atoms with van der Waals surface area (Å²) < 4.78 is 0. The molecule has 4 rings (SSSR count). The SMILES string of the molecule is Cc1c(CNc2ncc([N+](=O)[O-])c(NCC3CCC(N)CC3)n2)cccc1-c1cccc(CN)c1. The molecule has 9 heteroatoms. The second-order valence-corrected chi connectivity index (χ2v) is 9.19. The van der Waals surface area contributed by atoms with E-state index in [1.54, 1.807) is 0 Å². The molecule has 9 nitrogen and oxygen atoms in total. The first kappa shape index (κ1) is 24.6. The summed E-state index contributed by atoms with van der Waals surface area (Å²) in [6, 6.07) is 14.7. The zero-order valence-corrected chi connectivity index (χ0v) is 20.0. The van der Waals surface area contributed by atoms with E-state index in [1.165, 1.54) is 6.20 Å². The molecule has 1 heterocycles. The minimum absolute atomic E-state index is 0.124. The molecule has 1 aliphatic carbocycles. The minimum atomic E-state index is -0.452. The first-order valence-corrected chi connectivity index (χ1v) is 12.1. The van der Waals surface area contributed by atoms with Crippen molar-refractivity contribution in [1.82, 2.24) is 9.97 Å². The maximum absolute atomic E-state index is 11.5. The molecule has 0 aliphatic heterocycles. The van der Waals surface area contributed by atoms with Crippen LogP contribution in [0, 0.1) is 23.0 Å². The molecule has 35 heavy (non-hydrogen) atoms. The smallest absolute Gasteiger partial charge is 0.329 e. The average Bonchev–Trinajstić information content (AvgIpc) is 2.87. The van der Waals surface area contributed by atoms with Crippen molar-refractivity contribution >= 4 is 17.5 Å². The van der Waals surface area contributed by atoms with E-state index < -0.39 is 4.92 Å². The van der Waals surface area contributed by atoms with E-state index in [1.807, 2.05) is 18.2 Å². The van der Waals surface area contributed by atoms with Crippen LogP contribution < -0.4 is 22.1 Å². The van der Waals surface area contributed by atoms with E-state index in [0.717, 1.165) is 53.5 Å². The zero-order valence-electron chi connectivity index (χ0n) is 20.0. The number of nitrogens with one attached hydrogen (secondary N) is 2. The monoisotopic (exact) mass is 475 g/mol. The van der Waals surface area contributed by atoms with Crippen LogP contribution in [0.15, 0.2) is 48.7 Å². The lowest BCUT2D eigenvalue weighted by Crippen LogP contribution is -2.29. The van der Waals surface area contributed by atoms with Crippen LogP contribution >= 0.6 is 0 Å². The summed E-state index contributed by atoms with van der Waals surface area (Å²) in [7, 11) is 0. The highest BCUT2D eigenvalue weighted by atomic mass is 16.6. The summed E-state index contributed by atoms with van der Waals surface area (Å²) in [6.45, 7) is 3.71. The van der Waals surface area contributed by atoms with E-state index >= 15 is 0 Å².